The van der Waals surface area contributed by atoms with E-state index in [-0.39, 0.29) is 12.5 Å². The Morgan fingerprint density at radius 3 is 2.74 bits per heavy atom. The first-order valence-electron chi connectivity index (χ1n) is 5.94. The molecule has 1 aromatic carbocycles. The van der Waals surface area contributed by atoms with E-state index >= 15 is 0 Å². The van der Waals surface area contributed by atoms with Gasteiger partial charge in [-0.2, -0.15) is 0 Å². The molecule has 1 amide bonds. The summed E-state index contributed by atoms with van der Waals surface area (Å²) in [5.41, 5.74) is 1.15. The van der Waals surface area contributed by atoms with Crippen molar-refractivity contribution < 1.29 is 9.53 Å². The van der Waals surface area contributed by atoms with Gasteiger partial charge in [0.1, 0.15) is 12.1 Å². The minimum absolute atomic E-state index is 0.0130. The topological polar surface area (TPSA) is 69.0 Å². The lowest BCUT2D eigenvalue weighted by molar-refractivity contribution is -0.123. The Morgan fingerprint density at radius 1 is 1.37 bits per heavy atom. The quantitative estimate of drug-likeness (QED) is 0.864. The number of hydrogen-bond donors (Lipinski definition) is 1. The average Bonchev–Trinajstić information content (AvgIpc) is 2.81. The summed E-state index contributed by atoms with van der Waals surface area (Å²) in [5.74, 6) is 1.19. The third-order valence-electron chi connectivity index (χ3n) is 2.64. The van der Waals surface area contributed by atoms with E-state index in [1.165, 1.54) is 0 Å². The number of carbonyl (C=O) groups is 1. The van der Waals surface area contributed by atoms with Crippen LogP contribution in [0.1, 0.15) is 11.4 Å². The van der Waals surface area contributed by atoms with E-state index in [0.29, 0.717) is 18.1 Å². The van der Waals surface area contributed by atoms with E-state index in [4.69, 9.17) is 4.74 Å². The molecule has 1 aromatic heterocycles. The van der Waals surface area contributed by atoms with Gasteiger partial charge in [0.05, 0.1) is 6.54 Å². The zero-order valence-corrected chi connectivity index (χ0v) is 11.0. The number of ether oxygens (including phenoxy) is 1. The normalized spacial score (nSPS) is 10.2. The molecule has 0 aliphatic rings. The Balaban J connectivity index is 1.76. The van der Waals surface area contributed by atoms with Crippen molar-refractivity contribution in [2.45, 2.75) is 13.5 Å². The van der Waals surface area contributed by atoms with Crippen LogP contribution in [0.25, 0.3) is 0 Å². The Bertz CT molecular complexity index is 548. The molecule has 0 unspecified atom stereocenters. The number of aryl methyl sites for hydroxylation is 2. The van der Waals surface area contributed by atoms with Gasteiger partial charge in [-0.15, -0.1) is 10.2 Å². The Labute approximate surface area is 111 Å². The third-order valence-corrected chi connectivity index (χ3v) is 2.64. The van der Waals surface area contributed by atoms with E-state index < -0.39 is 0 Å². The van der Waals surface area contributed by atoms with Crippen molar-refractivity contribution in [1.82, 2.24) is 20.1 Å². The molecule has 0 bridgehead atoms. The summed E-state index contributed by atoms with van der Waals surface area (Å²) in [6, 6.07) is 7.55. The molecule has 2 rings (SSSR count). The van der Waals surface area contributed by atoms with Crippen LogP contribution in [-0.4, -0.2) is 27.3 Å². The molecule has 1 N–H and O–H groups in total. The minimum atomic E-state index is -0.191. The molecule has 6 nitrogen and oxygen atoms in total. The SMILES string of the molecule is Cc1ccc(OCC(=O)NCc2nncn2C)cc1. The van der Waals surface area contributed by atoms with Crippen LogP contribution < -0.4 is 10.1 Å². The average molecular weight is 260 g/mol. The molecule has 0 saturated heterocycles. The van der Waals surface area contributed by atoms with E-state index in [2.05, 4.69) is 15.5 Å². The highest BCUT2D eigenvalue weighted by Crippen LogP contribution is 2.10. The van der Waals surface area contributed by atoms with E-state index in [1.54, 1.807) is 10.9 Å². The molecule has 1 heterocycles. The summed E-state index contributed by atoms with van der Waals surface area (Å²) in [5, 5.41) is 10.3. The molecule has 0 aliphatic heterocycles. The van der Waals surface area contributed by atoms with Crippen LogP contribution >= 0.6 is 0 Å². The monoisotopic (exact) mass is 260 g/mol. The number of amides is 1. The number of rotatable bonds is 5. The summed E-state index contributed by atoms with van der Waals surface area (Å²) >= 11 is 0. The lowest BCUT2D eigenvalue weighted by Crippen LogP contribution is -2.29. The Morgan fingerprint density at radius 2 is 2.11 bits per heavy atom. The van der Waals surface area contributed by atoms with E-state index in [1.807, 2.05) is 38.2 Å². The first-order chi connectivity index (χ1) is 9.15. The van der Waals surface area contributed by atoms with Crippen LogP contribution in [0.3, 0.4) is 0 Å². The molecular weight excluding hydrogens is 244 g/mol. The predicted molar refractivity (Wildman–Crippen MR) is 69.5 cm³/mol. The second kappa shape index (κ2) is 5.99. The molecule has 0 fully saturated rings. The number of carbonyl (C=O) groups excluding carboxylic acids is 1. The number of nitrogens with one attached hydrogen (secondary N) is 1. The number of hydrogen-bond acceptors (Lipinski definition) is 4. The molecular formula is C13H16N4O2. The van der Waals surface area contributed by atoms with E-state index in [0.717, 1.165) is 5.56 Å². The summed E-state index contributed by atoms with van der Waals surface area (Å²) in [6.07, 6.45) is 1.59. The minimum Gasteiger partial charge on any atom is -0.484 e. The van der Waals surface area contributed by atoms with Crippen molar-refractivity contribution in [3.05, 3.63) is 42.0 Å². The Hall–Kier alpha value is -2.37. The molecule has 100 valence electrons. The largest absolute Gasteiger partial charge is 0.484 e. The van der Waals surface area contributed by atoms with Crippen molar-refractivity contribution >= 4 is 5.91 Å². The molecule has 19 heavy (non-hydrogen) atoms. The standard InChI is InChI=1S/C13H16N4O2/c1-10-3-5-11(6-4-10)19-8-13(18)14-7-12-16-15-9-17(12)2/h3-6,9H,7-8H2,1-2H3,(H,14,18). The van der Waals surface area contributed by atoms with Crippen molar-refractivity contribution in [3.8, 4) is 5.75 Å². The molecule has 2 aromatic rings. The van der Waals surface area contributed by atoms with Crippen LogP contribution in [0.2, 0.25) is 0 Å². The summed E-state index contributed by atoms with van der Waals surface area (Å²) in [6.45, 7) is 2.32. The number of nitrogens with zero attached hydrogens (tertiary/aromatic N) is 3. The second-order valence-corrected chi connectivity index (χ2v) is 4.24. The predicted octanol–water partition coefficient (Wildman–Crippen LogP) is 0.819. The van der Waals surface area contributed by atoms with Gasteiger partial charge in [-0.1, -0.05) is 17.7 Å². The van der Waals surface area contributed by atoms with Gasteiger partial charge in [0.25, 0.3) is 5.91 Å². The van der Waals surface area contributed by atoms with Crippen LogP contribution in [0.5, 0.6) is 5.75 Å². The maximum Gasteiger partial charge on any atom is 0.258 e. The van der Waals surface area contributed by atoms with Crippen LogP contribution in [0, 0.1) is 6.92 Å². The smallest absolute Gasteiger partial charge is 0.258 e. The zero-order valence-electron chi connectivity index (χ0n) is 11.0. The van der Waals surface area contributed by atoms with Gasteiger partial charge in [0.15, 0.2) is 12.4 Å². The van der Waals surface area contributed by atoms with Crippen LogP contribution in [-0.2, 0) is 18.4 Å². The second-order valence-electron chi connectivity index (χ2n) is 4.24. The highest BCUT2D eigenvalue weighted by atomic mass is 16.5. The van der Waals surface area contributed by atoms with Crippen molar-refractivity contribution in [2.75, 3.05) is 6.61 Å². The van der Waals surface area contributed by atoms with Gasteiger partial charge in [0.2, 0.25) is 0 Å². The lowest BCUT2D eigenvalue weighted by atomic mass is 10.2. The molecule has 0 atom stereocenters. The first-order valence-corrected chi connectivity index (χ1v) is 5.94. The highest BCUT2D eigenvalue weighted by molar-refractivity contribution is 5.77. The van der Waals surface area contributed by atoms with Gasteiger partial charge in [-0.3, -0.25) is 4.79 Å². The van der Waals surface area contributed by atoms with Crippen molar-refractivity contribution in [3.63, 3.8) is 0 Å². The van der Waals surface area contributed by atoms with Gasteiger partial charge >= 0.3 is 0 Å². The molecule has 6 heteroatoms. The van der Waals surface area contributed by atoms with E-state index in [9.17, 15) is 4.79 Å². The lowest BCUT2D eigenvalue weighted by Gasteiger charge is -2.07. The zero-order chi connectivity index (χ0) is 13.7. The fourth-order valence-electron chi connectivity index (χ4n) is 1.48. The van der Waals surface area contributed by atoms with Gasteiger partial charge in [-0.05, 0) is 19.1 Å². The third kappa shape index (κ3) is 3.80. The summed E-state index contributed by atoms with van der Waals surface area (Å²) in [4.78, 5) is 11.6. The number of benzene rings is 1. The van der Waals surface area contributed by atoms with Crippen molar-refractivity contribution in [1.29, 1.82) is 0 Å². The van der Waals surface area contributed by atoms with Gasteiger partial charge in [-0.25, -0.2) is 0 Å². The maximum absolute atomic E-state index is 11.6. The first kappa shape index (κ1) is 13.1. The molecule has 0 saturated carbocycles. The van der Waals surface area contributed by atoms with Crippen LogP contribution in [0.15, 0.2) is 30.6 Å². The molecule has 0 radical (unpaired) electrons. The number of aromatic nitrogens is 3. The van der Waals surface area contributed by atoms with Crippen LogP contribution in [0.4, 0.5) is 0 Å². The molecule has 0 aliphatic carbocycles. The molecule has 0 spiro atoms. The van der Waals surface area contributed by atoms with Gasteiger partial charge in [0, 0.05) is 7.05 Å². The summed E-state index contributed by atoms with van der Waals surface area (Å²) in [7, 11) is 1.82. The summed E-state index contributed by atoms with van der Waals surface area (Å²) < 4.78 is 7.12. The van der Waals surface area contributed by atoms with Crippen molar-refractivity contribution in [2.24, 2.45) is 7.05 Å². The highest BCUT2D eigenvalue weighted by Gasteiger charge is 2.05. The fraction of sp³-hybridized carbons (Fsp3) is 0.308. The Kier molecular flexibility index (Phi) is 4.12. The van der Waals surface area contributed by atoms with Gasteiger partial charge < -0.3 is 14.6 Å². The fourth-order valence-corrected chi connectivity index (χ4v) is 1.48. The maximum atomic E-state index is 11.6.